The molecule has 2 rings (SSSR count). The number of anilines is 1. The Kier molecular flexibility index (Phi) is 7.63. The van der Waals surface area contributed by atoms with Gasteiger partial charge in [0.25, 0.3) is 0 Å². The molecule has 1 aliphatic rings. The number of halogens is 1. The Morgan fingerprint density at radius 3 is 2.40 bits per heavy atom. The van der Waals surface area contributed by atoms with Crippen LogP contribution in [0.4, 0.5) is 5.69 Å². The van der Waals surface area contributed by atoms with Crippen molar-refractivity contribution in [1.82, 2.24) is 5.32 Å². The predicted molar refractivity (Wildman–Crippen MR) is 86.3 cm³/mol. The topological polar surface area (TPSA) is 41.1 Å². The summed E-state index contributed by atoms with van der Waals surface area (Å²) in [4.78, 5) is 12.0. The van der Waals surface area contributed by atoms with Crippen molar-refractivity contribution < 1.29 is 4.79 Å². The average Bonchev–Trinajstić information content (AvgIpc) is 2.42. The second-order valence-corrected chi connectivity index (χ2v) is 5.48. The molecule has 0 spiro atoms. The highest BCUT2D eigenvalue weighted by molar-refractivity contribution is 5.90. The Labute approximate surface area is 127 Å². The lowest BCUT2D eigenvalue weighted by atomic mass is 9.87. The van der Waals surface area contributed by atoms with E-state index in [0.717, 1.165) is 12.2 Å². The van der Waals surface area contributed by atoms with Crippen LogP contribution < -0.4 is 10.6 Å². The van der Waals surface area contributed by atoms with Gasteiger partial charge < -0.3 is 10.6 Å². The van der Waals surface area contributed by atoms with Gasteiger partial charge in [0.1, 0.15) is 0 Å². The summed E-state index contributed by atoms with van der Waals surface area (Å²) in [5.74, 6) is 0.755. The van der Waals surface area contributed by atoms with Crippen molar-refractivity contribution in [2.75, 3.05) is 12.4 Å². The maximum atomic E-state index is 12.0. The average molecular weight is 297 g/mol. The third kappa shape index (κ3) is 5.51. The standard InChI is InChI=1S/C16H24N2O.ClH/c1-17-12-14-7-9-15(10-8-14)18-16(19)11-13-5-3-2-4-6-13;/h7-10,13,17H,2-6,11-12H2,1H3,(H,18,19);1H. The molecule has 1 aromatic rings. The molecule has 1 aliphatic carbocycles. The highest BCUT2D eigenvalue weighted by Gasteiger charge is 2.16. The lowest BCUT2D eigenvalue weighted by Gasteiger charge is -2.20. The van der Waals surface area contributed by atoms with E-state index in [0.29, 0.717) is 12.3 Å². The fourth-order valence-electron chi connectivity index (χ4n) is 2.78. The maximum Gasteiger partial charge on any atom is 0.224 e. The van der Waals surface area contributed by atoms with Crippen LogP contribution in [0, 0.1) is 5.92 Å². The number of rotatable bonds is 5. The fourth-order valence-corrected chi connectivity index (χ4v) is 2.78. The molecule has 4 heteroatoms. The van der Waals surface area contributed by atoms with Gasteiger partial charge in [0.15, 0.2) is 0 Å². The molecule has 3 nitrogen and oxygen atoms in total. The predicted octanol–water partition coefficient (Wildman–Crippen LogP) is 3.74. The van der Waals surface area contributed by atoms with Gasteiger partial charge in [-0.25, -0.2) is 0 Å². The molecule has 1 amide bonds. The summed E-state index contributed by atoms with van der Waals surface area (Å²) in [7, 11) is 1.93. The van der Waals surface area contributed by atoms with Crippen LogP contribution in [0.1, 0.15) is 44.1 Å². The fraction of sp³-hybridized carbons (Fsp3) is 0.562. The van der Waals surface area contributed by atoms with Crippen molar-refractivity contribution in [3.05, 3.63) is 29.8 Å². The molecular weight excluding hydrogens is 272 g/mol. The van der Waals surface area contributed by atoms with E-state index in [1.165, 1.54) is 37.7 Å². The Hall–Kier alpha value is -1.06. The van der Waals surface area contributed by atoms with Gasteiger partial charge in [-0.1, -0.05) is 31.4 Å². The molecule has 0 atom stereocenters. The van der Waals surface area contributed by atoms with Gasteiger partial charge in [0.05, 0.1) is 0 Å². The zero-order valence-electron chi connectivity index (χ0n) is 12.2. The van der Waals surface area contributed by atoms with Gasteiger partial charge in [-0.2, -0.15) is 0 Å². The number of amides is 1. The molecule has 1 saturated carbocycles. The second-order valence-electron chi connectivity index (χ2n) is 5.48. The molecule has 2 N–H and O–H groups in total. The van der Waals surface area contributed by atoms with E-state index in [1.54, 1.807) is 0 Å². The van der Waals surface area contributed by atoms with Crippen LogP contribution in [0.15, 0.2) is 24.3 Å². The van der Waals surface area contributed by atoms with Crippen molar-refractivity contribution in [2.24, 2.45) is 5.92 Å². The van der Waals surface area contributed by atoms with Gasteiger partial charge in [-0.15, -0.1) is 12.4 Å². The minimum atomic E-state index is 0. The monoisotopic (exact) mass is 296 g/mol. The number of carbonyl (C=O) groups excluding carboxylic acids is 1. The van der Waals surface area contributed by atoms with Gasteiger partial charge in [0, 0.05) is 18.7 Å². The van der Waals surface area contributed by atoms with Gasteiger partial charge in [-0.05, 0) is 43.5 Å². The first kappa shape index (κ1) is 17.0. The van der Waals surface area contributed by atoms with E-state index < -0.39 is 0 Å². The molecule has 0 radical (unpaired) electrons. The van der Waals surface area contributed by atoms with Crippen LogP contribution in [-0.2, 0) is 11.3 Å². The zero-order chi connectivity index (χ0) is 13.5. The van der Waals surface area contributed by atoms with Crippen LogP contribution in [-0.4, -0.2) is 13.0 Å². The molecule has 1 fully saturated rings. The van der Waals surface area contributed by atoms with Crippen LogP contribution in [0.5, 0.6) is 0 Å². The summed E-state index contributed by atoms with van der Waals surface area (Å²) >= 11 is 0. The van der Waals surface area contributed by atoms with E-state index >= 15 is 0 Å². The van der Waals surface area contributed by atoms with Crippen molar-refractivity contribution >= 4 is 24.0 Å². The summed E-state index contributed by atoms with van der Waals surface area (Å²) in [5.41, 5.74) is 2.13. The van der Waals surface area contributed by atoms with E-state index in [-0.39, 0.29) is 18.3 Å². The number of benzene rings is 1. The molecule has 0 heterocycles. The van der Waals surface area contributed by atoms with Crippen LogP contribution in [0.3, 0.4) is 0 Å². The summed E-state index contributed by atoms with van der Waals surface area (Å²) < 4.78 is 0. The van der Waals surface area contributed by atoms with E-state index in [4.69, 9.17) is 0 Å². The zero-order valence-corrected chi connectivity index (χ0v) is 13.0. The second kappa shape index (κ2) is 8.98. The first-order chi connectivity index (χ1) is 9.28. The quantitative estimate of drug-likeness (QED) is 0.869. The van der Waals surface area contributed by atoms with E-state index in [1.807, 2.05) is 31.3 Å². The highest BCUT2D eigenvalue weighted by Crippen LogP contribution is 2.26. The van der Waals surface area contributed by atoms with Gasteiger partial charge in [-0.3, -0.25) is 4.79 Å². The highest BCUT2D eigenvalue weighted by atomic mass is 35.5. The Morgan fingerprint density at radius 1 is 1.15 bits per heavy atom. The Morgan fingerprint density at radius 2 is 1.80 bits per heavy atom. The molecule has 20 heavy (non-hydrogen) atoms. The van der Waals surface area contributed by atoms with Crippen LogP contribution in [0.25, 0.3) is 0 Å². The summed E-state index contributed by atoms with van der Waals surface area (Å²) in [6.07, 6.45) is 7.03. The largest absolute Gasteiger partial charge is 0.326 e. The van der Waals surface area contributed by atoms with E-state index in [2.05, 4.69) is 10.6 Å². The molecule has 112 valence electrons. The third-order valence-corrected chi connectivity index (χ3v) is 3.82. The summed E-state index contributed by atoms with van der Waals surface area (Å²) in [6, 6.07) is 8.05. The summed E-state index contributed by atoms with van der Waals surface area (Å²) in [6.45, 7) is 0.857. The molecule has 0 aliphatic heterocycles. The summed E-state index contributed by atoms with van der Waals surface area (Å²) in [5, 5.41) is 6.11. The normalized spacial score (nSPS) is 15.4. The molecular formula is C16H25ClN2O. The molecule has 0 aromatic heterocycles. The van der Waals surface area contributed by atoms with Gasteiger partial charge >= 0.3 is 0 Å². The van der Waals surface area contributed by atoms with Crippen molar-refractivity contribution in [2.45, 2.75) is 45.1 Å². The van der Waals surface area contributed by atoms with E-state index in [9.17, 15) is 4.79 Å². The first-order valence-corrected chi connectivity index (χ1v) is 7.31. The number of hydrogen-bond acceptors (Lipinski definition) is 2. The minimum absolute atomic E-state index is 0. The lowest BCUT2D eigenvalue weighted by molar-refractivity contribution is -0.117. The SMILES string of the molecule is CNCc1ccc(NC(=O)CC2CCCCC2)cc1.Cl. The molecule has 0 bridgehead atoms. The molecule has 0 unspecified atom stereocenters. The number of hydrogen-bond donors (Lipinski definition) is 2. The van der Waals surface area contributed by atoms with Crippen LogP contribution in [0.2, 0.25) is 0 Å². The van der Waals surface area contributed by atoms with Crippen molar-refractivity contribution in [3.8, 4) is 0 Å². The maximum absolute atomic E-state index is 12.0. The smallest absolute Gasteiger partial charge is 0.224 e. The van der Waals surface area contributed by atoms with Crippen LogP contribution >= 0.6 is 12.4 Å². The van der Waals surface area contributed by atoms with Gasteiger partial charge in [0.2, 0.25) is 5.91 Å². The Bertz CT molecular complexity index is 399. The third-order valence-electron chi connectivity index (χ3n) is 3.82. The number of nitrogens with one attached hydrogen (secondary N) is 2. The minimum Gasteiger partial charge on any atom is -0.326 e. The molecule has 0 saturated heterocycles. The lowest BCUT2D eigenvalue weighted by Crippen LogP contribution is -2.18. The first-order valence-electron chi connectivity index (χ1n) is 7.31. The van der Waals surface area contributed by atoms with Crippen molar-refractivity contribution in [1.29, 1.82) is 0 Å². The van der Waals surface area contributed by atoms with Crippen molar-refractivity contribution in [3.63, 3.8) is 0 Å². The Balaban J connectivity index is 0.00000200. The number of carbonyl (C=O) groups is 1. The molecule has 1 aromatic carbocycles.